The minimum Gasteiger partial charge on any atom is -0.339 e. The number of carbonyl (C=O) groups is 1. The second kappa shape index (κ2) is 7.11. The molecule has 3 nitrogen and oxygen atoms in total. The molecule has 3 heteroatoms. The van der Waals surface area contributed by atoms with E-state index in [1.54, 1.807) is 0 Å². The molecule has 1 amide bonds. The summed E-state index contributed by atoms with van der Waals surface area (Å²) in [5.74, 6) is 0.222. The van der Waals surface area contributed by atoms with Gasteiger partial charge in [0.15, 0.2) is 0 Å². The Labute approximate surface area is 152 Å². The summed E-state index contributed by atoms with van der Waals surface area (Å²) in [4.78, 5) is 15.1. The number of benzene rings is 1. The van der Waals surface area contributed by atoms with E-state index in [9.17, 15) is 4.79 Å². The molecule has 3 aliphatic rings. The fraction of sp³-hybridized carbons (Fsp3) is 0.682. The molecule has 1 aromatic rings. The Morgan fingerprint density at radius 3 is 1.92 bits per heavy atom. The number of amides is 1. The van der Waals surface area contributed by atoms with E-state index in [0.717, 1.165) is 31.5 Å². The molecule has 0 aromatic heterocycles. The average molecular weight is 341 g/mol. The number of hydrogen-bond donors (Lipinski definition) is 1. The van der Waals surface area contributed by atoms with Crippen molar-refractivity contribution in [3.8, 4) is 0 Å². The maximum atomic E-state index is 13.0. The molecule has 1 N–H and O–H groups in total. The summed E-state index contributed by atoms with van der Waals surface area (Å²) in [7, 11) is 0. The van der Waals surface area contributed by atoms with Crippen molar-refractivity contribution >= 4 is 5.91 Å². The number of nitrogens with zero attached hydrogens (tertiary/aromatic N) is 1. The fourth-order valence-electron chi connectivity index (χ4n) is 5.40. The topological polar surface area (TPSA) is 32.3 Å². The predicted molar refractivity (Wildman–Crippen MR) is 102 cm³/mol. The second-order valence-electron chi connectivity index (χ2n) is 8.61. The first-order chi connectivity index (χ1) is 12.2. The fourth-order valence-corrected chi connectivity index (χ4v) is 5.40. The molecule has 0 aliphatic carbocycles. The van der Waals surface area contributed by atoms with Crippen LogP contribution in [0.3, 0.4) is 0 Å². The summed E-state index contributed by atoms with van der Waals surface area (Å²) >= 11 is 0. The van der Waals surface area contributed by atoms with Gasteiger partial charge in [-0.1, -0.05) is 50.3 Å². The molecule has 2 unspecified atom stereocenters. The highest BCUT2D eigenvalue weighted by atomic mass is 16.2. The highest BCUT2D eigenvalue weighted by Gasteiger charge is 2.48. The average Bonchev–Trinajstić information content (AvgIpc) is 3.01. The quantitative estimate of drug-likeness (QED) is 0.815. The van der Waals surface area contributed by atoms with E-state index in [4.69, 9.17) is 0 Å². The number of nitrogens with one attached hydrogen (secondary N) is 1. The van der Waals surface area contributed by atoms with Crippen LogP contribution in [-0.4, -0.2) is 35.0 Å². The molecule has 25 heavy (non-hydrogen) atoms. The lowest BCUT2D eigenvalue weighted by Crippen LogP contribution is -2.56. The Bertz CT molecular complexity index is 567. The molecule has 1 aromatic carbocycles. The summed E-state index contributed by atoms with van der Waals surface area (Å²) in [5.41, 5.74) is 1.41. The van der Waals surface area contributed by atoms with Crippen LogP contribution in [0.2, 0.25) is 0 Å². The van der Waals surface area contributed by atoms with E-state index in [-0.39, 0.29) is 17.0 Å². The van der Waals surface area contributed by atoms with Gasteiger partial charge in [0.05, 0.1) is 0 Å². The maximum absolute atomic E-state index is 13.0. The summed E-state index contributed by atoms with van der Waals surface area (Å²) in [6.45, 7) is 1.80. The number of rotatable bonds is 1. The monoisotopic (exact) mass is 340 g/mol. The van der Waals surface area contributed by atoms with Crippen molar-refractivity contribution in [1.82, 2.24) is 10.2 Å². The van der Waals surface area contributed by atoms with Gasteiger partial charge >= 0.3 is 0 Å². The molecule has 4 rings (SSSR count). The Morgan fingerprint density at radius 2 is 1.32 bits per heavy atom. The molecule has 3 saturated heterocycles. The van der Waals surface area contributed by atoms with Crippen molar-refractivity contribution in [1.29, 1.82) is 0 Å². The van der Waals surface area contributed by atoms with Crippen molar-refractivity contribution in [3.63, 3.8) is 0 Å². The van der Waals surface area contributed by atoms with Gasteiger partial charge in [-0.25, -0.2) is 0 Å². The number of carbonyl (C=O) groups excluding carboxylic acids is 1. The SMILES string of the molecule is O=C(c1ccccc1)N1CCC23CCCCCCCC(CC1)(CC2)N3. The van der Waals surface area contributed by atoms with Crippen molar-refractivity contribution in [3.05, 3.63) is 35.9 Å². The van der Waals surface area contributed by atoms with Crippen molar-refractivity contribution in [2.24, 2.45) is 0 Å². The minimum absolute atomic E-state index is 0.222. The van der Waals surface area contributed by atoms with Crippen molar-refractivity contribution in [2.45, 2.75) is 81.7 Å². The van der Waals surface area contributed by atoms with Crippen LogP contribution in [0.4, 0.5) is 0 Å². The van der Waals surface area contributed by atoms with Gasteiger partial charge in [0.2, 0.25) is 0 Å². The lowest BCUT2D eigenvalue weighted by molar-refractivity contribution is 0.0680. The smallest absolute Gasteiger partial charge is 0.253 e. The van der Waals surface area contributed by atoms with Crippen LogP contribution in [0.25, 0.3) is 0 Å². The van der Waals surface area contributed by atoms with Gasteiger partial charge in [0.25, 0.3) is 5.91 Å². The molecule has 0 spiro atoms. The largest absolute Gasteiger partial charge is 0.339 e. The van der Waals surface area contributed by atoms with Gasteiger partial charge in [-0.05, 0) is 50.7 Å². The molecular weight excluding hydrogens is 308 g/mol. The molecular formula is C22H32N2O. The van der Waals surface area contributed by atoms with Crippen molar-refractivity contribution < 1.29 is 4.79 Å². The zero-order valence-electron chi connectivity index (χ0n) is 15.4. The normalized spacial score (nSPS) is 33.4. The van der Waals surface area contributed by atoms with E-state index >= 15 is 0 Å². The number of hydrogen-bond acceptors (Lipinski definition) is 2. The summed E-state index contributed by atoms with van der Waals surface area (Å²) in [5, 5.41) is 4.15. The van der Waals surface area contributed by atoms with Crippen LogP contribution >= 0.6 is 0 Å². The predicted octanol–water partition coefficient (Wildman–Crippen LogP) is 4.53. The molecule has 3 heterocycles. The third-order valence-corrected chi connectivity index (χ3v) is 6.95. The Kier molecular flexibility index (Phi) is 4.86. The van der Waals surface area contributed by atoms with E-state index < -0.39 is 0 Å². The molecule has 3 aliphatic heterocycles. The first-order valence-corrected chi connectivity index (χ1v) is 10.3. The highest BCUT2D eigenvalue weighted by molar-refractivity contribution is 5.94. The molecule has 0 radical (unpaired) electrons. The summed E-state index contributed by atoms with van der Waals surface area (Å²) in [6, 6.07) is 9.83. The Balaban J connectivity index is 1.55. The maximum Gasteiger partial charge on any atom is 0.253 e. The first-order valence-electron chi connectivity index (χ1n) is 10.3. The molecule has 2 atom stereocenters. The minimum atomic E-state index is 0.222. The summed E-state index contributed by atoms with van der Waals surface area (Å²) < 4.78 is 0. The Hall–Kier alpha value is -1.35. The lowest BCUT2D eigenvalue weighted by Gasteiger charge is -2.42. The van der Waals surface area contributed by atoms with E-state index in [0.29, 0.717) is 0 Å². The first kappa shape index (κ1) is 17.1. The van der Waals surface area contributed by atoms with Gasteiger partial charge < -0.3 is 10.2 Å². The van der Waals surface area contributed by atoms with Crippen LogP contribution in [-0.2, 0) is 0 Å². The Morgan fingerprint density at radius 1 is 0.760 bits per heavy atom. The lowest BCUT2D eigenvalue weighted by atomic mass is 9.85. The van der Waals surface area contributed by atoms with Gasteiger partial charge in [0, 0.05) is 29.7 Å². The van der Waals surface area contributed by atoms with E-state index in [2.05, 4.69) is 10.2 Å². The van der Waals surface area contributed by atoms with Gasteiger partial charge in [-0.2, -0.15) is 0 Å². The van der Waals surface area contributed by atoms with Gasteiger partial charge in [0.1, 0.15) is 0 Å². The standard InChI is InChI=1S/C22H32N2O/c25-20(19-9-5-4-6-10-19)24-17-15-21-11-7-2-1-3-8-12-22(23-21,14-13-21)16-18-24/h4-6,9-10,23H,1-3,7-8,11-18H2. The molecule has 3 fully saturated rings. The second-order valence-corrected chi connectivity index (χ2v) is 8.61. The zero-order chi connectivity index (χ0) is 17.2. The van der Waals surface area contributed by atoms with E-state index in [1.807, 2.05) is 30.3 Å². The van der Waals surface area contributed by atoms with Crippen LogP contribution < -0.4 is 5.32 Å². The van der Waals surface area contributed by atoms with Crippen LogP contribution in [0.15, 0.2) is 30.3 Å². The van der Waals surface area contributed by atoms with Crippen molar-refractivity contribution in [2.75, 3.05) is 13.1 Å². The van der Waals surface area contributed by atoms with Crippen LogP contribution in [0.1, 0.15) is 81.0 Å². The molecule has 0 saturated carbocycles. The molecule has 2 bridgehead atoms. The van der Waals surface area contributed by atoms with Crippen LogP contribution in [0, 0.1) is 0 Å². The van der Waals surface area contributed by atoms with Crippen LogP contribution in [0.5, 0.6) is 0 Å². The highest BCUT2D eigenvalue weighted by Crippen LogP contribution is 2.43. The zero-order valence-corrected chi connectivity index (χ0v) is 15.4. The third kappa shape index (κ3) is 3.62. The third-order valence-electron chi connectivity index (χ3n) is 6.95. The van der Waals surface area contributed by atoms with Gasteiger partial charge in [-0.15, -0.1) is 0 Å². The van der Waals surface area contributed by atoms with E-state index in [1.165, 1.54) is 57.8 Å². The molecule has 136 valence electrons. The summed E-state index contributed by atoms with van der Waals surface area (Å²) in [6.07, 6.45) is 14.3. The van der Waals surface area contributed by atoms with Gasteiger partial charge in [-0.3, -0.25) is 4.79 Å².